The number of aliphatic hydroxyl groups is 1. The van der Waals surface area contributed by atoms with Gasteiger partial charge in [-0.3, -0.25) is 0 Å². The third-order valence-electron chi connectivity index (χ3n) is 3.62. The highest BCUT2D eigenvalue weighted by molar-refractivity contribution is 5.50. The van der Waals surface area contributed by atoms with Crippen LogP contribution in [-0.4, -0.2) is 24.3 Å². The Morgan fingerprint density at radius 2 is 1.83 bits per heavy atom. The van der Waals surface area contributed by atoms with Crippen molar-refractivity contribution in [3.05, 3.63) is 29.6 Å². The molecule has 2 nitrogen and oxygen atoms in total. The van der Waals surface area contributed by atoms with Gasteiger partial charge in [-0.1, -0.05) is 26.8 Å². The minimum atomic E-state index is -0.224. The molecule has 1 aliphatic rings. The molecular weight excluding hydrogens is 229 g/mol. The maximum atomic E-state index is 14.2. The summed E-state index contributed by atoms with van der Waals surface area (Å²) >= 11 is 0. The molecule has 1 aliphatic heterocycles. The number of benzene rings is 1. The van der Waals surface area contributed by atoms with E-state index in [1.807, 2.05) is 17.0 Å². The number of halogens is 1. The van der Waals surface area contributed by atoms with Crippen LogP contribution in [0.3, 0.4) is 0 Å². The molecule has 0 amide bonds. The Labute approximate surface area is 108 Å². The Bertz CT molecular complexity index is 417. The van der Waals surface area contributed by atoms with Gasteiger partial charge in [0.2, 0.25) is 0 Å². The van der Waals surface area contributed by atoms with E-state index in [9.17, 15) is 9.50 Å². The maximum absolute atomic E-state index is 14.2. The number of piperidine rings is 1. The SMILES string of the molecule is CC(C)(C)c1ccc(N2CCC(O)CC2)c(F)c1. The van der Waals surface area contributed by atoms with Gasteiger partial charge >= 0.3 is 0 Å². The van der Waals surface area contributed by atoms with Gasteiger partial charge in [0.15, 0.2) is 0 Å². The summed E-state index contributed by atoms with van der Waals surface area (Å²) in [5.41, 5.74) is 1.65. The molecule has 1 aromatic rings. The van der Waals surface area contributed by atoms with E-state index >= 15 is 0 Å². The molecular formula is C15H22FNO. The first kappa shape index (κ1) is 13.3. The van der Waals surface area contributed by atoms with Crippen LogP contribution in [-0.2, 0) is 5.41 Å². The molecule has 100 valence electrons. The lowest BCUT2D eigenvalue weighted by Crippen LogP contribution is -2.36. The van der Waals surface area contributed by atoms with Crippen LogP contribution < -0.4 is 4.90 Å². The molecule has 0 unspecified atom stereocenters. The molecule has 1 saturated heterocycles. The van der Waals surface area contributed by atoms with Crippen molar-refractivity contribution in [2.24, 2.45) is 0 Å². The summed E-state index contributed by atoms with van der Waals surface area (Å²) in [6, 6.07) is 5.51. The first-order valence-electron chi connectivity index (χ1n) is 6.61. The fourth-order valence-corrected chi connectivity index (χ4v) is 2.34. The molecule has 2 rings (SSSR count). The average molecular weight is 251 g/mol. The smallest absolute Gasteiger partial charge is 0.146 e. The number of nitrogens with zero attached hydrogens (tertiary/aromatic N) is 1. The molecule has 0 aromatic heterocycles. The van der Waals surface area contributed by atoms with Crippen LogP contribution in [0.15, 0.2) is 18.2 Å². The molecule has 0 bridgehead atoms. The van der Waals surface area contributed by atoms with Gasteiger partial charge in [0.25, 0.3) is 0 Å². The van der Waals surface area contributed by atoms with E-state index in [1.54, 1.807) is 6.07 Å². The van der Waals surface area contributed by atoms with E-state index in [1.165, 1.54) is 0 Å². The van der Waals surface area contributed by atoms with Crippen molar-refractivity contribution in [2.75, 3.05) is 18.0 Å². The fourth-order valence-electron chi connectivity index (χ4n) is 2.34. The van der Waals surface area contributed by atoms with Crippen molar-refractivity contribution in [2.45, 2.75) is 45.1 Å². The number of hydrogen-bond acceptors (Lipinski definition) is 2. The van der Waals surface area contributed by atoms with Crippen LogP contribution in [0.5, 0.6) is 0 Å². The Morgan fingerprint density at radius 1 is 1.22 bits per heavy atom. The second kappa shape index (κ2) is 4.88. The van der Waals surface area contributed by atoms with E-state index in [4.69, 9.17) is 0 Å². The number of anilines is 1. The number of rotatable bonds is 1. The normalized spacial score (nSPS) is 18.2. The van der Waals surface area contributed by atoms with Crippen molar-refractivity contribution in [1.82, 2.24) is 0 Å². The Balaban J connectivity index is 2.20. The molecule has 0 aliphatic carbocycles. The second-order valence-corrected chi connectivity index (χ2v) is 6.13. The first-order valence-corrected chi connectivity index (χ1v) is 6.61. The van der Waals surface area contributed by atoms with Gasteiger partial charge in [0, 0.05) is 13.1 Å². The second-order valence-electron chi connectivity index (χ2n) is 6.13. The topological polar surface area (TPSA) is 23.5 Å². The van der Waals surface area contributed by atoms with Crippen LogP contribution >= 0.6 is 0 Å². The Hall–Kier alpha value is -1.09. The van der Waals surface area contributed by atoms with Gasteiger partial charge in [-0.15, -0.1) is 0 Å². The Kier molecular flexibility index (Phi) is 3.62. The minimum absolute atomic E-state index is 0.0303. The predicted molar refractivity (Wildman–Crippen MR) is 72.6 cm³/mol. The zero-order valence-corrected chi connectivity index (χ0v) is 11.4. The van der Waals surface area contributed by atoms with Crippen LogP contribution in [0.2, 0.25) is 0 Å². The quantitative estimate of drug-likeness (QED) is 0.829. The number of hydrogen-bond donors (Lipinski definition) is 1. The summed E-state index contributed by atoms with van der Waals surface area (Å²) in [4.78, 5) is 2.02. The van der Waals surface area contributed by atoms with Crippen molar-refractivity contribution >= 4 is 5.69 Å². The molecule has 0 saturated carbocycles. The van der Waals surface area contributed by atoms with E-state index in [-0.39, 0.29) is 17.3 Å². The van der Waals surface area contributed by atoms with E-state index in [2.05, 4.69) is 20.8 Å². The van der Waals surface area contributed by atoms with Gasteiger partial charge in [-0.2, -0.15) is 0 Å². The third-order valence-corrected chi connectivity index (χ3v) is 3.62. The maximum Gasteiger partial charge on any atom is 0.146 e. The largest absolute Gasteiger partial charge is 0.393 e. The summed E-state index contributed by atoms with van der Waals surface area (Å²) in [6.45, 7) is 7.70. The van der Waals surface area contributed by atoms with E-state index in [0.717, 1.165) is 31.5 Å². The van der Waals surface area contributed by atoms with E-state index in [0.29, 0.717) is 5.69 Å². The van der Waals surface area contributed by atoms with Gasteiger partial charge in [0.1, 0.15) is 5.82 Å². The molecule has 0 spiro atoms. The van der Waals surface area contributed by atoms with Crippen LogP contribution in [0.1, 0.15) is 39.2 Å². The lowest BCUT2D eigenvalue weighted by Gasteiger charge is -2.32. The summed E-state index contributed by atoms with van der Waals surface area (Å²) < 4.78 is 14.2. The summed E-state index contributed by atoms with van der Waals surface area (Å²) in [7, 11) is 0. The molecule has 3 heteroatoms. The van der Waals surface area contributed by atoms with Crippen LogP contribution in [0.4, 0.5) is 10.1 Å². The van der Waals surface area contributed by atoms with E-state index < -0.39 is 0 Å². The molecule has 0 atom stereocenters. The number of aliphatic hydroxyl groups excluding tert-OH is 1. The Morgan fingerprint density at radius 3 is 2.33 bits per heavy atom. The standard InChI is InChI=1S/C15H22FNO/c1-15(2,3)11-4-5-14(13(16)10-11)17-8-6-12(18)7-9-17/h4-5,10,12,18H,6-9H2,1-3H3. The highest BCUT2D eigenvalue weighted by atomic mass is 19.1. The molecule has 18 heavy (non-hydrogen) atoms. The lowest BCUT2D eigenvalue weighted by atomic mass is 9.87. The zero-order chi connectivity index (χ0) is 13.3. The third kappa shape index (κ3) is 2.83. The minimum Gasteiger partial charge on any atom is -0.393 e. The lowest BCUT2D eigenvalue weighted by molar-refractivity contribution is 0.145. The monoisotopic (exact) mass is 251 g/mol. The summed E-state index contributed by atoms with van der Waals surface area (Å²) in [5, 5.41) is 9.47. The van der Waals surface area contributed by atoms with Crippen LogP contribution in [0, 0.1) is 5.82 Å². The molecule has 1 fully saturated rings. The van der Waals surface area contributed by atoms with Crippen molar-refractivity contribution in [3.63, 3.8) is 0 Å². The van der Waals surface area contributed by atoms with Crippen molar-refractivity contribution in [1.29, 1.82) is 0 Å². The van der Waals surface area contributed by atoms with Crippen LogP contribution in [0.25, 0.3) is 0 Å². The zero-order valence-electron chi connectivity index (χ0n) is 11.4. The summed E-state index contributed by atoms with van der Waals surface area (Å²) in [5.74, 6) is -0.154. The van der Waals surface area contributed by atoms with Gasteiger partial charge in [0.05, 0.1) is 11.8 Å². The van der Waals surface area contributed by atoms with Gasteiger partial charge in [-0.25, -0.2) is 4.39 Å². The highest BCUT2D eigenvalue weighted by Crippen LogP contribution is 2.29. The predicted octanol–water partition coefficient (Wildman–Crippen LogP) is 3.08. The van der Waals surface area contributed by atoms with Gasteiger partial charge < -0.3 is 10.0 Å². The first-order chi connectivity index (χ1) is 8.38. The molecule has 1 heterocycles. The van der Waals surface area contributed by atoms with Crippen molar-refractivity contribution < 1.29 is 9.50 Å². The fraction of sp³-hybridized carbons (Fsp3) is 0.600. The van der Waals surface area contributed by atoms with Crippen molar-refractivity contribution in [3.8, 4) is 0 Å². The molecule has 0 radical (unpaired) electrons. The molecule has 1 N–H and O–H groups in total. The highest BCUT2D eigenvalue weighted by Gasteiger charge is 2.21. The summed E-state index contributed by atoms with van der Waals surface area (Å²) in [6.07, 6.45) is 1.22. The average Bonchev–Trinajstić information content (AvgIpc) is 2.29. The molecule has 1 aromatic carbocycles. The van der Waals surface area contributed by atoms with Gasteiger partial charge in [-0.05, 0) is 36.0 Å².